The fourth-order valence-electron chi connectivity index (χ4n) is 3.02. The van der Waals surface area contributed by atoms with Gasteiger partial charge < -0.3 is 14.8 Å². The summed E-state index contributed by atoms with van der Waals surface area (Å²) in [6.07, 6.45) is -2.27. The molecular weight excluding hydrogens is 495 g/mol. The Morgan fingerprint density at radius 2 is 1.89 bits per heavy atom. The SMILES string of the molecule is COc1ccc(CNS(=O)(=O)c2cc([N+](=O)[O-])ccc2-n2cc(NCC(F)(F)F)cn2)c(OC)c1. The number of ether oxygens (including phenoxy) is 2. The maximum Gasteiger partial charge on any atom is 0.405 e. The number of nitro benzene ring substituents is 1. The Hall–Kier alpha value is -3.85. The summed E-state index contributed by atoms with van der Waals surface area (Å²) >= 11 is 0. The Balaban J connectivity index is 1.94. The van der Waals surface area contributed by atoms with Gasteiger partial charge in [0.05, 0.1) is 42.9 Å². The largest absolute Gasteiger partial charge is 0.497 e. The first-order chi connectivity index (χ1) is 16.4. The van der Waals surface area contributed by atoms with Gasteiger partial charge in [-0.2, -0.15) is 18.3 Å². The van der Waals surface area contributed by atoms with Gasteiger partial charge in [0.1, 0.15) is 22.9 Å². The fourth-order valence-corrected chi connectivity index (χ4v) is 4.23. The fraction of sp³-hybridized carbons (Fsp3) is 0.250. The Bertz CT molecular complexity index is 1330. The van der Waals surface area contributed by atoms with E-state index in [9.17, 15) is 31.7 Å². The molecule has 1 heterocycles. The summed E-state index contributed by atoms with van der Waals surface area (Å²) in [4.78, 5) is 9.99. The van der Waals surface area contributed by atoms with Crippen molar-refractivity contribution in [1.82, 2.24) is 14.5 Å². The van der Waals surface area contributed by atoms with Crippen LogP contribution in [0.15, 0.2) is 53.7 Å². The van der Waals surface area contributed by atoms with Crippen molar-refractivity contribution in [2.75, 3.05) is 26.1 Å². The number of anilines is 1. The van der Waals surface area contributed by atoms with Crippen LogP contribution in [0.2, 0.25) is 0 Å². The minimum absolute atomic E-state index is 0.0278. The number of nitro groups is 1. The normalized spacial score (nSPS) is 11.8. The van der Waals surface area contributed by atoms with Gasteiger partial charge in [0.2, 0.25) is 10.0 Å². The number of non-ortho nitro benzene ring substituents is 1. The lowest BCUT2D eigenvalue weighted by atomic mass is 10.2. The lowest BCUT2D eigenvalue weighted by molar-refractivity contribution is -0.385. The smallest absolute Gasteiger partial charge is 0.405 e. The van der Waals surface area contributed by atoms with Crippen molar-refractivity contribution in [2.45, 2.75) is 17.6 Å². The first-order valence-corrected chi connectivity index (χ1v) is 11.3. The zero-order valence-corrected chi connectivity index (χ0v) is 19.2. The van der Waals surface area contributed by atoms with Crippen LogP contribution in [0, 0.1) is 10.1 Å². The van der Waals surface area contributed by atoms with Crippen LogP contribution in [0.5, 0.6) is 11.5 Å². The molecule has 15 heteroatoms. The number of alkyl halides is 3. The minimum Gasteiger partial charge on any atom is -0.497 e. The molecule has 11 nitrogen and oxygen atoms in total. The van der Waals surface area contributed by atoms with Crippen LogP contribution in [0.4, 0.5) is 24.5 Å². The van der Waals surface area contributed by atoms with Crippen LogP contribution in [0.3, 0.4) is 0 Å². The molecule has 1 aromatic heterocycles. The van der Waals surface area contributed by atoms with Crippen molar-refractivity contribution in [3.63, 3.8) is 0 Å². The van der Waals surface area contributed by atoms with E-state index in [4.69, 9.17) is 9.47 Å². The second-order valence-corrected chi connectivity index (χ2v) is 8.79. The van der Waals surface area contributed by atoms with Crippen LogP contribution in [0.25, 0.3) is 5.69 Å². The number of nitrogens with one attached hydrogen (secondary N) is 2. The van der Waals surface area contributed by atoms with Crippen LogP contribution in [-0.4, -0.2) is 50.1 Å². The molecule has 0 aliphatic rings. The minimum atomic E-state index is -4.48. The zero-order valence-electron chi connectivity index (χ0n) is 18.4. The van der Waals surface area contributed by atoms with Crippen molar-refractivity contribution in [3.05, 3.63) is 64.5 Å². The standard InChI is InChI=1S/C20H20F3N5O6S/c1-33-16-5-3-13(18(8-16)34-2)9-26-35(31,32)19-7-15(28(29)30)4-6-17(19)27-11-14(10-25-27)24-12-20(21,22)23/h3-8,10-11,24,26H,9,12H2,1-2H3. The molecular formula is C20H20F3N5O6S. The predicted octanol–water partition coefficient (Wildman–Crippen LogP) is 3.25. The molecule has 3 aromatic rings. The summed E-state index contributed by atoms with van der Waals surface area (Å²) < 4.78 is 77.5. The first-order valence-electron chi connectivity index (χ1n) is 9.78. The molecule has 0 saturated heterocycles. The van der Waals surface area contributed by atoms with Gasteiger partial charge >= 0.3 is 6.18 Å². The maximum absolute atomic E-state index is 13.2. The van der Waals surface area contributed by atoms with Crippen LogP contribution >= 0.6 is 0 Å². The predicted molar refractivity (Wildman–Crippen MR) is 118 cm³/mol. The molecule has 2 aromatic carbocycles. The summed E-state index contributed by atoms with van der Waals surface area (Å²) in [6, 6.07) is 7.78. The Morgan fingerprint density at radius 3 is 2.51 bits per heavy atom. The molecule has 0 saturated carbocycles. The highest BCUT2D eigenvalue weighted by atomic mass is 32.2. The number of halogens is 3. The van der Waals surface area contributed by atoms with Crippen molar-refractivity contribution in [2.24, 2.45) is 0 Å². The van der Waals surface area contributed by atoms with E-state index in [0.717, 1.165) is 35.3 Å². The summed E-state index contributed by atoms with van der Waals surface area (Å²) in [7, 11) is -1.51. The van der Waals surface area contributed by atoms with Gasteiger partial charge in [-0.3, -0.25) is 10.1 Å². The molecule has 2 N–H and O–H groups in total. The highest BCUT2D eigenvalue weighted by Crippen LogP contribution is 2.28. The summed E-state index contributed by atoms with van der Waals surface area (Å²) in [5, 5.41) is 17.3. The van der Waals surface area contributed by atoms with Crippen molar-refractivity contribution >= 4 is 21.4 Å². The number of nitrogens with zero attached hydrogens (tertiary/aromatic N) is 3. The molecule has 188 valence electrons. The Kier molecular flexibility index (Phi) is 7.50. The van der Waals surface area contributed by atoms with Gasteiger partial charge in [-0.25, -0.2) is 17.8 Å². The van der Waals surface area contributed by atoms with Crippen molar-refractivity contribution in [1.29, 1.82) is 0 Å². The second kappa shape index (κ2) is 10.2. The highest BCUT2D eigenvalue weighted by molar-refractivity contribution is 7.89. The van der Waals surface area contributed by atoms with E-state index in [1.807, 2.05) is 0 Å². The van der Waals surface area contributed by atoms with E-state index in [0.29, 0.717) is 17.1 Å². The lowest BCUT2D eigenvalue weighted by Crippen LogP contribution is -2.25. The Labute approximate surface area is 197 Å². The lowest BCUT2D eigenvalue weighted by Gasteiger charge is -2.14. The van der Waals surface area contributed by atoms with E-state index in [-0.39, 0.29) is 17.9 Å². The van der Waals surface area contributed by atoms with Gasteiger partial charge in [-0.1, -0.05) is 6.07 Å². The van der Waals surface area contributed by atoms with Gasteiger partial charge in [0, 0.05) is 30.3 Å². The molecule has 35 heavy (non-hydrogen) atoms. The molecule has 0 atom stereocenters. The highest BCUT2D eigenvalue weighted by Gasteiger charge is 2.27. The number of aromatic nitrogens is 2. The molecule has 0 spiro atoms. The third kappa shape index (κ3) is 6.39. The molecule has 0 aliphatic carbocycles. The number of hydrogen-bond acceptors (Lipinski definition) is 8. The molecule has 0 amide bonds. The van der Waals surface area contributed by atoms with Crippen molar-refractivity contribution < 1.29 is 36.0 Å². The molecule has 0 aliphatic heterocycles. The first kappa shape index (κ1) is 25.8. The zero-order chi connectivity index (χ0) is 25.8. The van der Waals surface area contributed by atoms with E-state index < -0.39 is 38.3 Å². The Morgan fingerprint density at radius 1 is 1.14 bits per heavy atom. The second-order valence-electron chi connectivity index (χ2n) is 7.05. The van der Waals surface area contributed by atoms with Crippen molar-refractivity contribution in [3.8, 4) is 17.2 Å². The molecule has 0 radical (unpaired) electrons. The van der Waals surface area contributed by atoms with Crippen LogP contribution in [-0.2, 0) is 16.6 Å². The summed E-state index contributed by atoms with van der Waals surface area (Å²) in [6.45, 7) is -1.55. The number of hydrogen-bond donors (Lipinski definition) is 2. The van der Waals surface area contributed by atoms with Crippen LogP contribution in [0.1, 0.15) is 5.56 Å². The number of sulfonamides is 1. The van der Waals surface area contributed by atoms with Gasteiger partial charge in [-0.05, 0) is 12.1 Å². The van der Waals surface area contributed by atoms with Gasteiger partial charge in [0.15, 0.2) is 0 Å². The molecule has 0 unspecified atom stereocenters. The third-order valence-electron chi connectivity index (χ3n) is 4.71. The molecule has 0 fully saturated rings. The summed E-state index contributed by atoms with van der Waals surface area (Å²) in [5.74, 6) is 0.835. The average molecular weight is 515 g/mol. The third-order valence-corrected chi connectivity index (χ3v) is 6.14. The van der Waals surface area contributed by atoms with E-state index in [1.54, 1.807) is 18.2 Å². The molecule has 3 rings (SSSR count). The molecule has 0 bridgehead atoms. The van der Waals surface area contributed by atoms with E-state index in [2.05, 4.69) is 15.1 Å². The topological polar surface area (TPSA) is 138 Å². The average Bonchev–Trinajstić information content (AvgIpc) is 3.29. The quantitative estimate of drug-likeness (QED) is 0.310. The number of rotatable bonds is 10. The maximum atomic E-state index is 13.2. The number of benzene rings is 2. The summed E-state index contributed by atoms with van der Waals surface area (Å²) in [5.41, 5.74) is -0.176. The van der Waals surface area contributed by atoms with E-state index >= 15 is 0 Å². The van der Waals surface area contributed by atoms with E-state index in [1.165, 1.54) is 14.2 Å². The van der Waals surface area contributed by atoms with Crippen LogP contribution < -0.4 is 19.5 Å². The number of methoxy groups -OCH3 is 2. The van der Waals surface area contributed by atoms with Gasteiger partial charge in [-0.15, -0.1) is 0 Å². The van der Waals surface area contributed by atoms with Gasteiger partial charge in [0.25, 0.3) is 5.69 Å². The monoisotopic (exact) mass is 515 g/mol.